The molecule has 0 N–H and O–H groups in total. The lowest BCUT2D eigenvalue weighted by atomic mass is 10.1. The largest absolute Gasteiger partial charge is 0.493 e. The Labute approximate surface area is 223 Å². The summed E-state index contributed by atoms with van der Waals surface area (Å²) in [4.78, 5) is 19.4. The Kier molecular flexibility index (Phi) is 8.68. The smallest absolute Gasteiger partial charge is 0.247 e. The van der Waals surface area contributed by atoms with E-state index in [0.717, 1.165) is 16.6 Å². The summed E-state index contributed by atoms with van der Waals surface area (Å²) >= 11 is 5.10. The first-order valence-corrected chi connectivity index (χ1v) is 13.6. The molecule has 0 saturated heterocycles. The molecule has 0 spiro atoms. The maximum atomic E-state index is 13.1. The summed E-state index contributed by atoms with van der Waals surface area (Å²) < 4.78 is 18.5. The summed E-state index contributed by atoms with van der Waals surface area (Å²) in [6, 6.07) is 11.2. The Bertz CT molecular complexity index is 1240. The van der Waals surface area contributed by atoms with Crippen LogP contribution in [0.1, 0.15) is 51.3 Å². The Balaban J connectivity index is 1.83. The van der Waals surface area contributed by atoms with Gasteiger partial charge in [0.25, 0.3) is 0 Å². The highest BCUT2D eigenvalue weighted by atomic mass is 79.9. The van der Waals surface area contributed by atoms with Gasteiger partial charge in [-0.2, -0.15) is 4.98 Å². The van der Waals surface area contributed by atoms with E-state index in [2.05, 4.69) is 33.1 Å². The first-order valence-electron chi connectivity index (χ1n) is 11.8. The van der Waals surface area contributed by atoms with Gasteiger partial charge in [-0.1, -0.05) is 72.1 Å². The van der Waals surface area contributed by atoms with Crippen molar-refractivity contribution in [3.8, 4) is 28.6 Å². The van der Waals surface area contributed by atoms with Gasteiger partial charge in [0.2, 0.25) is 23.2 Å². The number of rotatable bonds is 9. The number of hydrogen-bond acceptors (Lipinski definition) is 8. The zero-order chi connectivity index (χ0) is 25.7. The molecule has 4 rings (SSSR count). The van der Waals surface area contributed by atoms with Crippen molar-refractivity contribution in [2.45, 2.75) is 50.9 Å². The van der Waals surface area contributed by atoms with E-state index in [1.165, 1.54) is 26.2 Å². The lowest BCUT2D eigenvalue weighted by molar-refractivity contribution is -0.118. The minimum Gasteiger partial charge on any atom is -0.493 e. The van der Waals surface area contributed by atoms with E-state index < -0.39 is 6.23 Å². The molecule has 0 bridgehead atoms. The second-order valence-electron chi connectivity index (χ2n) is 8.26. The second-order valence-corrected chi connectivity index (χ2v) is 10.2. The standard InChI is InChI=1S/C26H29BrN4O4S/c1-5-6-7-10-13-36-26-28-24-22(29-30-26)18-11-8-9-12-20(18)31(16(2)32)25(35-24)19-14-17(27)15-21(33-3)23(19)34-4/h8-9,11-12,14-15,25H,5-7,10,13H2,1-4H3/t25-/m0/s1. The third-order valence-electron chi connectivity index (χ3n) is 5.82. The third kappa shape index (κ3) is 5.44. The van der Waals surface area contributed by atoms with E-state index in [1.54, 1.807) is 36.9 Å². The average Bonchev–Trinajstić information content (AvgIpc) is 3.02. The van der Waals surface area contributed by atoms with Gasteiger partial charge in [-0.15, -0.1) is 10.2 Å². The Morgan fingerprint density at radius 3 is 2.67 bits per heavy atom. The molecular formula is C26H29BrN4O4S. The molecule has 1 aliphatic rings. The van der Waals surface area contributed by atoms with Gasteiger partial charge in [-0.25, -0.2) is 0 Å². The minimum absolute atomic E-state index is 0.209. The van der Waals surface area contributed by atoms with Crippen molar-refractivity contribution in [1.82, 2.24) is 15.2 Å². The Morgan fingerprint density at radius 1 is 1.14 bits per heavy atom. The van der Waals surface area contributed by atoms with Crippen molar-refractivity contribution >= 4 is 39.3 Å². The van der Waals surface area contributed by atoms with Crippen LogP contribution in [0.5, 0.6) is 17.4 Å². The molecule has 0 radical (unpaired) electrons. The zero-order valence-electron chi connectivity index (χ0n) is 20.8. The molecular weight excluding hydrogens is 544 g/mol. The first-order chi connectivity index (χ1) is 17.5. The van der Waals surface area contributed by atoms with Gasteiger partial charge < -0.3 is 14.2 Å². The summed E-state index contributed by atoms with van der Waals surface area (Å²) in [6.45, 7) is 3.69. The predicted octanol–water partition coefficient (Wildman–Crippen LogP) is 6.43. The molecule has 0 aliphatic carbocycles. The minimum atomic E-state index is -0.884. The molecule has 3 aromatic rings. The van der Waals surface area contributed by atoms with Crippen LogP contribution in [0.2, 0.25) is 0 Å². The quantitative estimate of drug-likeness (QED) is 0.214. The molecule has 0 fully saturated rings. The molecule has 1 amide bonds. The summed E-state index contributed by atoms with van der Waals surface area (Å²) in [5, 5.41) is 9.39. The van der Waals surface area contributed by atoms with Gasteiger partial charge in [0.05, 0.1) is 25.5 Å². The van der Waals surface area contributed by atoms with Gasteiger partial charge in [0.1, 0.15) is 0 Å². The molecule has 2 aromatic carbocycles. The van der Waals surface area contributed by atoms with E-state index in [9.17, 15) is 4.79 Å². The lowest BCUT2D eigenvalue weighted by Gasteiger charge is -2.31. The number of methoxy groups -OCH3 is 2. The molecule has 1 atom stereocenters. The number of carbonyl (C=O) groups is 1. The van der Waals surface area contributed by atoms with Crippen LogP contribution >= 0.6 is 27.7 Å². The van der Waals surface area contributed by atoms with Gasteiger partial charge in [0.15, 0.2) is 17.2 Å². The van der Waals surface area contributed by atoms with E-state index >= 15 is 0 Å². The number of para-hydroxylation sites is 1. The van der Waals surface area contributed by atoms with Crippen molar-refractivity contribution in [2.24, 2.45) is 0 Å². The molecule has 2 heterocycles. The average molecular weight is 574 g/mol. The summed E-state index contributed by atoms with van der Waals surface area (Å²) in [5.74, 6) is 1.97. The van der Waals surface area contributed by atoms with Crippen molar-refractivity contribution in [3.63, 3.8) is 0 Å². The highest BCUT2D eigenvalue weighted by Crippen LogP contribution is 2.47. The number of ether oxygens (including phenoxy) is 3. The summed E-state index contributed by atoms with van der Waals surface area (Å²) in [5.41, 5.74) is 2.45. The fourth-order valence-electron chi connectivity index (χ4n) is 4.15. The number of thioether (sulfide) groups is 1. The maximum Gasteiger partial charge on any atom is 0.247 e. The van der Waals surface area contributed by atoms with Crippen molar-refractivity contribution < 1.29 is 19.0 Å². The number of carbonyl (C=O) groups excluding carboxylic acids is 1. The third-order valence-corrected chi connectivity index (χ3v) is 7.20. The molecule has 10 heteroatoms. The van der Waals surface area contributed by atoms with Crippen LogP contribution in [0.15, 0.2) is 46.0 Å². The fraction of sp³-hybridized carbons (Fsp3) is 0.385. The molecule has 8 nitrogen and oxygen atoms in total. The van der Waals surface area contributed by atoms with Gasteiger partial charge in [-0.05, 0) is 24.6 Å². The first kappa shape index (κ1) is 26.2. The topological polar surface area (TPSA) is 86.7 Å². The van der Waals surface area contributed by atoms with Gasteiger partial charge in [-0.3, -0.25) is 9.69 Å². The van der Waals surface area contributed by atoms with Gasteiger partial charge in [0, 0.05) is 22.7 Å². The number of amides is 1. The Hall–Kier alpha value is -2.85. The normalized spacial score (nSPS) is 14.4. The lowest BCUT2D eigenvalue weighted by Crippen LogP contribution is -2.36. The van der Waals surface area contributed by atoms with Crippen LogP contribution < -0.4 is 19.1 Å². The molecule has 1 aromatic heterocycles. The number of nitrogens with zero attached hydrogens (tertiary/aromatic N) is 4. The van der Waals surface area contributed by atoms with E-state index in [1.807, 2.05) is 30.3 Å². The van der Waals surface area contributed by atoms with Crippen LogP contribution in [-0.2, 0) is 4.79 Å². The SMILES string of the molecule is CCCCCCSc1nnc2c(n1)O[C@@H](c1cc(Br)cc(OC)c1OC)N(C(C)=O)c1ccccc1-2. The molecule has 1 aliphatic heterocycles. The Morgan fingerprint density at radius 2 is 1.94 bits per heavy atom. The molecule has 190 valence electrons. The van der Waals surface area contributed by atoms with Crippen LogP contribution in [0.3, 0.4) is 0 Å². The monoisotopic (exact) mass is 572 g/mol. The zero-order valence-corrected chi connectivity index (χ0v) is 23.2. The molecule has 36 heavy (non-hydrogen) atoms. The van der Waals surface area contributed by atoms with Crippen molar-refractivity contribution in [1.29, 1.82) is 0 Å². The number of hydrogen-bond donors (Lipinski definition) is 0. The summed E-state index contributed by atoms with van der Waals surface area (Å²) in [6.07, 6.45) is 3.77. The maximum absolute atomic E-state index is 13.1. The van der Waals surface area contributed by atoms with Crippen molar-refractivity contribution in [2.75, 3.05) is 24.9 Å². The molecule has 0 unspecified atom stereocenters. The van der Waals surface area contributed by atoms with Crippen LogP contribution in [0.4, 0.5) is 5.69 Å². The van der Waals surface area contributed by atoms with Crippen LogP contribution in [0, 0.1) is 0 Å². The number of unbranched alkanes of at least 4 members (excludes halogenated alkanes) is 3. The van der Waals surface area contributed by atoms with E-state index in [-0.39, 0.29) is 5.91 Å². The molecule has 0 saturated carbocycles. The van der Waals surface area contributed by atoms with E-state index in [0.29, 0.717) is 45.0 Å². The number of anilines is 1. The number of aromatic nitrogens is 3. The van der Waals surface area contributed by atoms with Crippen LogP contribution in [-0.4, -0.2) is 41.1 Å². The van der Waals surface area contributed by atoms with E-state index in [4.69, 9.17) is 19.2 Å². The predicted molar refractivity (Wildman–Crippen MR) is 144 cm³/mol. The highest BCUT2D eigenvalue weighted by molar-refractivity contribution is 9.10. The van der Waals surface area contributed by atoms with Gasteiger partial charge >= 0.3 is 0 Å². The number of halogens is 1. The van der Waals surface area contributed by atoms with Crippen LogP contribution in [0.25, 0.3) is 11.3 Å². The fourth-order valence-corrected chi connectivity index (χ4v) is 5.38. The highest BCUT2D eigenvalue weighted by Gasteiger charge is 2.37. The van der Waals surface area contributed by atoms with Crippen molar-refractivity contribution in [3.05, 3.63) is 46.4 Å². The number of fused-ring (bicyclic) bond motifs is 3. The number of benzene rings is 2. The second kappa shape index (κ2) is 11.9. The summed E-state index contributed by atoms with van der Waals surface area (Å²) in [7, 11) is 3.12.